The number of nitro benzene ring substituents is 1. The molecule has 3 aromatic heterocycles. The third-order valence-electron chi connectivity index (χ3n) is 4.96. The molecule has 0 amide bonds. The van der Waals surface area contributed by atoms with Crippen LogP contribution in [0, 0.1) is 10.1 Å². The summed E-state index contributed by atoms with van der Waals surface area (Å²) in [4.78, 5) is 23.7. The first-order valence-electron chi connectivity index (χ1n) is 9.09. The zero-order valence-electron chi connectivity index (χ0n) is 15.8. The minimum atomic E-state index is -1.34. The molecular formula is C16H14N8O7S. The quantitative estimate of drug-likeness (QED) is 0.169. The van der Waals surface area contributed by atoms with Gasteiger partial charge in [-0.05, 0) is 16.4 Å². The Kier molecular flexibility index (Phi) is 4.86. The van der Waals surface area contributed by atoms with Gasteiger partial charge in [-0.3, -0.25) is 14.7 Å². The second kappa shape index (κ2) is 7.61. The molecule has 5 N–H and O–H groups in total. The number of nitrogens with zero attached hydrogens (tertiary/aromatic N) is 7. The number of aromatic nitrogens is 6. The van der Waals surface area contributed by atoms with Crippen LogP contribution in [0.15, 0.2) is 33.0 Å². The highest BCUT2D eigenvalue weighted by Crippen LogP contribution is 2.38. The van der Waals surface area contributed by atoms with Crippen molar-refractivity contribution in [3.8, 4) is 0 Å². The van der Waals surface area contributed by atoms with Gasteiger partial charge in [-0.15, -0.1) is 0 Å². The summed E-state index contributed by atoms with van der Waals surface area (Å²) >= 11 is 1.06. The van der Waals surface area contributed by atoms with Gasteiger partial charge in [-0.2, -0.15) is 4.98 Å². The van der Waals surface area contributed by atoms with Crippen molar-refractivity contribution in [3.05, 3.63) is 28.6 Å². The van der Waals surface area contributed by atoms with Gasteiger partial charge in [0.05, 0.1) is 17.9 Å². The third kappa shape index (κ3) is 3.12. The van der Waals surface area contributed by atoms with E-state index < -0.39 is 36.1 Å². The molecule has 4 unspecified atom stereocenters. The molecule has 1 aromatic carbocycles. The van der Waals surface area contributed by atoms with Crippen LogP contribution in [-0.4, -0.2) is 75.0 Å². The average Bonchev–Trinajstić information content (AvgIpc) is 3.47. The lowest BCUT2D eigenvalue weighted by molar-refractivity contribution is -0.383. The lowest BCUT2D eigenvalue weighted by Crippen LogP contribution is -2.33. The summed E-state index contributed by atoms with van der Waals surface area (Å²) in [5.74, 6) is -0.107. The molecule has 1 aliphatic rings. The first-order valence-corrected chi connectivity index (χ1v) is 9.90. The van der Waals surface area contributed by atoms with E-state index in [2.05, 4.69) is 29.9 Å². The van der Waals surface area contributed by atoms with Crippen LogP contribution in [0.4, 0.5) is 11.6 Å². The van der Waals surface area contributed by atoms with Gasteiger partial charge in [0.1, 0.15) is 28.9 Å². The fraction of sp³-hybridized carbons (Fsp3) is 0.312. The van der Waals surface area contributed by atoms with Gasteiger partial charge in [-0.25, -0.2) is 14.6 Å². The van der Waals surface area contributed by atoms with Crippen LogP contribution in [0.3, 0.4) is 0 Å². The molecular weight excluding hydrogens is 448 g/mol. The largest absolute Gasteiger partial charge is 0.394 e. The van der Waals surface area contributed by atoms with Gasteiger partial charge in [-0.1, -0.05) is 11.8 Å². The van der Waals surface area contributed by atoms with E-state index in [1.807, 2.05) is 0 Å². The van der Waals surface area contributed by atoms with Crippen molar-refractivity contribution in [2.45, 2.75) is 34.5 Å². The van der Waals surface area contributed by atoms with Gasteiger partial charge in [0.15, 0.2) is 17.4 Å². The van der Waals surface area contributed by atoms with Crippen molar-refractivity contribution in [1.82, 2.24) is 29.8 Å². The van der Waals surface area contributed by atoms with E-state index in [1.54, 1.807) is 0 Å². The number of imidazole rings is 1. The molecule has 1 fully saturated rings. The number of ether oxygens (including phenoxy) is 1. The lowest BCUT2D eigenvalue weighted by Gasteiger charge is -2.16. The predicted octanol–water partition coefficient (Wildman–Crippen LogP) is -0.384. The molecule has 16 heteroatoms. The number of nitrogen functional groups attached to an aromatic ring is 1. The Balaban J connectivity index is 1.57. The second-order valence-corrected chi connectivity index (χ2v) is 7.87. The summed E-state index contributed by atoms with van der Waals surface area (Å²) in [6.07, 6.45) is -3.35. The van der Waals surface area contributed by atoms with Gasteiger partial charge < -0.3 is 25.8 Å². The second-order valence-electron chi connectivity index (χ2n) is 6.84. The maximum atomic E-state index is 11.2. The number of hydrogen-bond donors (Lipinski definition) is 4. The molecule has 0 aliphatic carbocycles. The first-order chi connectivity index (χ1) is 15.4. The Hall–Kier alpha value is -3.44. The van der Waals surface area contributed by atoms with Crippen LogP contribution < -0.4 is 5.73 Å². The molecule has 166 valence electrons. The summed E-state index contributed by atoms with van der Waals surface area (Å²) in [5.41, 5.74) is 6.27. The predicted molar refractivity (Wildman–Crippen MR) is 105 cm³/mol. The zero-order valence-corrected chi connectivity index (χ0v) is 16.7. The summed E-state index contributed by atoms with van der Waals surface area (Å²) in [6.45, 7) is -0.485. The van der Waals surface area contributed by atoms with Crippen molar-refractivity contribution < 1.29 is 29.6 Å². The van der Waals surface area contributed by atoms with Crippen LogP contribution in [0.25, 0.3) is 22.2 Å². The fourth-order valence-electron chi connectivity index (χ4n) is 3.44. The monoisotopic (exact) mass is 462 g/mol. The molecule has 32 heavy (non-hydrogen) atoms. The summed E-state index contributed by atoms with van der Waals surface area (Å²) in [5, 5.41) is 48.6. The normalized spacial score (nSPS) is 23.3. The van der Waals surface area contributed by atoms with E-state index >= 15 is 0 Å². The molecule has 0 saturated carbocycles. The molecule has 0 bridgehead atoms. The number of aliphatic hydroxyl groups excluding tert-OH is 3. The Morgan fingerprint density at radius 3 is 2.69 bits per heavy atom. The molecule has 0 spiro atoms. The number of non-ortho nitro benzene ring substituents is 1. The number of nitrogens with two attached hydrogens (primary N) is 1. The Bertz CT molecular complexity index is 1340. The first kappa shape index (κ1) is 20.5. The molecule has 15 nitrogen and oxygen atoms in total. The van der Waals surface area contributed by atoms with Crippen LogP contribution in [0.2, 0.25) is 0 Å². The molecule has 0 radical (unpaired) electrons. The van der Waals surface area contributed by atoms with E-state index in [0.29, 0.717) is 15.4 Å². The Morgan fingerprint density at radius 1 is 1.19 bits per heavy atom. The molecule has 1 saturated heterocycles. The maximum absolute atomic E-state index is 11.2. The third-order valence-corrected chi connectivity index (χ3v) is 5.99. The molecule has 4 aromatic rings. The highest BCUT2D eigenvalue weighted by Gasteiger charge is 2.44. The van der Waals surface area contributed by atoms with Crippen molar-refractivity contribution in [2.75, 3.05) is 12.3 Å². The van der Waals surface area contributed by atoms with E-state index in [4.69, 9.17) is 10.5 Å². The van der Waals surface area contributed by atoms with E-state index in [0.717, 1.165) is 11.8 Å². The topological polar surface area (TPSA) is 222 Å². The van der Waals surface area contributed by atoms with Crippen LogP contribution in [0.5, 0.6) is 0 Å². The van der Waals surface area contributed by atoms with Crippen molar-refractivity contribution >= 4 is 45.6 Å². The lowest BCUT2D eigenvalue weighted by atomic mass is 10.1. The van der Waals surface area contributed by atoms with Crippen molar-refractivity contribution in [2.24, 2.45) is 0 Å². The van der Waals surface area contributed by atoms with Gasteiger partial charge >= 0.3 is 5.69 Å². The van der Waals surface area contributed by atoms with Crippen molar-refractivity contribution in [3.63, 3.8) is 0 Å². The van der Waals surface area contributed by atoms with Gasteiger partial charge in [0, 0.05) is 11.0 Å². The smallest absolute Gasteiger partial charge is 0.300 e. The van der Waals surface area contributed by atoms with E-state index in [1.165, 1.54) is 23.0 Å². The SMILES string of the molecule is Nc1nc(Sc2ccc([N+](=O)[O-])c3nonc23)c2ncn(C3OC(CO)C(O)C3O)c2n1. The minimum absolute atomic E-state index is 0.0182. The highest BCUT2D eigenvalue weighted by molar-refractivity contribution is 7.99. The number of fused-ring (bicyclic) bond motifs is 2. The highest BCUT2D eigenvalue weighted by atomic mass is 32.2. The van der Waals surface area contributed by atoms with Crippen LogP contribution in [-0.2, 0) is 4.74 Å². The van der Waals surface area contributed by atoms with Gasteiger partial charge in [0.2, 0.25) is 11.5 Å². The minimum Gasteiger partial charge on any atom is -0.394 e. The number of rotatable bonds is 5. The number of anilines is 1. The van der Waals surface area contributed by atoms with Crippen LogP contribution >= 0.6 is 11.8 Å². The summed E-state index contributed by atoms with van der Waals surface area (Å²) < 4.78 is 11.6. The molecule has 4 heterocycles. The number of hydrogen-bond acceptors (Lipinski definition) is 14. The molecule has 5 rings (SSSR count). The van der Waals surface area contributed by atoms with Crippen molar-refractivity contribution in [1.29, 1.82) is 0 Å². The van der Waals surface area contributed by atoms with Crippen LogP contribution in [0.1, 0.15) is 6.23 Å². The van der Waals surface area contributed by atoms with E-state index in [9.17, 15) is 25.4 Å². The molecule has 4 atom stereocenters. The molecule has 1 aliphatic heterocycles. The number of nitro groups is 1. The standard InChI is InChI=1S/C16H14N8O7S/c17-16-19-13-10(18-4-23(13)15-12(27)11(26)6(3-25)30-15)14(20-16)32-7-2-1-5(24(28)29)8-9(7)22-31-21-8/h1-2,4,6,11-12,15,25-27H,3H2,(H2,17,19,20). The maximum Gasteiger partial charge on any atom is 0.300 e. The zero-order chi connectivity index (χ0) is 22.6. The van der Waals surface area contributed by atoms with Gasteiger partial charge in [0.25, 0.3) is 0 Å². The summed E-state index contributed by atoms with van der Waals surface area (Å²) in [7, 11) is 0. The average molecular weight is 462 g/mol. The Labute approximate surface area is 180 Å². The fourth-order valence-corrected chi connectivity index (χ4v) is 4.39. The number of aliphatic hydroxyl groups is 3. The summed E-state index contributed by atoms with van der Waals surface area (Å²) in [6, 6.07) is 2.75. The van der Waals surface area contributed by atoms with E-state index in [-0.39, 0.29) is 28.3 Å². The number of benzene rings is 1. The Morgan fingerprint density at radius 2 is 1.97 bits per heavy atom.